The van der Waals surface area contributed by atoms with Gasteiger partial charge in [0.1, 0.15) is 5.75 Å². The molecule has 0 amide bonds. The predicted molar refractivity (Wildman–Crippen MR) is 153 cm³/mol. The first-order valence-corrected chi connectivity index (χ1v) is 13.3. The van der Waals surface area contributed by atoms with Gasteiger partial charge in [0, 0.05) is 46.6 Å². The van der Waals surface area contributed by atoms with Crippen LogP contribution in [0.2, 0.25) is 0 Å². The van der Waals surface area contributed by atoms with Gasteiger partial charge in [0.15, 0.2) is 11.6 Å². The second-order valence-corrected chi connectivity index (χ2v) is 11.4. The molecule has 1 aliphatic heterocycles. The number of Topliss-reactive ketones (excluding diaryl/α,β-unsaturated/α-hetero) is 2. The number of benzene rings is 3. The Morgan fingerprint density at radius 1 is 0.921 bits per heavy atom. The van der Waals surface area contributed by atoms with Crippen molar-refractivity contribution < 1.29 is 14.3 Å². The summed E-state index contributed by atoms with van der Waals surface area (Å²) in [4.78, 5) is 30.1. The van der Waals surface area contributed by atoms with Gasteiger partial charge in [0.05, 0.1) is 7.11 Å². The number of nitrogens with zero attached hydrogens (tertiary/aromatic N) is 1. The first kappa shape index (κ1) is 25.7. The number of carbonyl (C=O) groups is 2. The molecule has 1 aliphatic carbocycles. The third-order valence-corrected chi connectivity index (χ3v) is 7.64. The highest BCUT2D eigenvalue weighted by atomic mass is 16.5. The smallest absolute Gasteiger partial charge is 0.191 e. The third kappa shape index (κ3) is 4.83. The summed E-state index contributed by atoms with van der Waals surface area (Å²) < 4.78 is 5.38. The van der Waals surface area contributed by atoms with Gasteiger partial charge in [0.2, 0.25) is 0 Å². The fraction of sp³-hybridized carbons (Fsp3) is 0.294. The van der Waals surface area contributed by atoms with E-state index in [-0.39, 0.29) is 17.0 Å². The number of methoxy groups -OCH3 is 1. The molecule has 0 fully saturated rings. The van der Waals surface area contributed by atoms with Crippen molar-refractivity contribution >= 4 is 17.3 Å². The fourth-order valence-electron chi connectivity index (χ4n) is 5.63. The number of rotatable bonds is 6. The number of ether oxygens (including phenoxy) is 1. The summed E-state index contributed by atoms with van der Waals surface area (Å²) in [5.74, 6) is 0.781. The van der Waals surface area contributed by atoms with Crippen molar-refractivity contribution in [3.8, 4) is 5.75 Å². The highest BCUT2D eigenvalue weighted by molar-refractivity contribution is 6.13. The average molecular weight is 506 g/mol. The van der Waals surface area contributed by atoms with Crippen LogP contribution in [0, 0.1) is 5.41 Å². The van der Waals surface area contributed by atoms with Crippen LogP contribution < -0.4 is 9.64 Å². The van der Waals surface area contributed by atoms with E-state index in [2.05, 4.69) is 56.9 Å². The highest BCUT2D eigenvalue weighted by Crippen LogP contribution is 2.49. The Hall–Kier alpha value is -3.92. The summed E-state index contributed by atoms with van der Waals surface area (Å²) in [6, 6.07) is 25.6. The van der Waals surface area contributed by atoms with E-state index < -0.39 is 5.92 Å². The minimum absolute atomic E-state index is 0.0637. The molecule has 4 heteroatoms. The Bertz CT molecular complexity index is 1410. The van der Waals surface area contributed by atoms with E-state index in [1.54, 1.807) is 7.11 Å². The Balaban J connectivity index is 1.73. The van der Waals surface area contributed by atoms with E-state index in [1.165, 1.54) is 5.56 Å². The van der Waals surface area contributed by atoms with E-state index >= 15 is 0 Å². The molecule has 3 aromatic carbocycles. The standard InChI is InChI=1S/C34H35NO3/c1-22(2)23-11-13-24(14-12-23)31-28(33(37)25-9-7-6-8-10-25)21-35(26-15-17-27(38-5)18-16-26)29-19-34(3,4)20-30(36)32(29)31/h6-18,21-22,31H,19-20H2,1-5H3. The Kier molecular flexibility index (Phi) is 6.83. The average Bonchev–Trinajstić information content (AvgIpc) is 2.92. The zero-order chi connectivity index (χ0) is 27.0. The molecular formula is C34H35NO3. The van der Waals surface area contributed by atoms with E-state index in [4.69, 9.17) is 4.74 Å². The molecule has 2 aliphatic rings. The van der Waals surface area contributed by atoms with Crippen molar-refractivity contribution in [3.05, 3.63) is 119 Å². The maximum atomic E-state index is 14.1. The van der Waals surface area contributed by atoms with E-state index in [1.807, 2.05) is 60.8 Å². The minimum Gasteiger partial charge on any atom is -0.497 e. The molecule has 1 heterocycles. The lowest BCUT2D eigenvalue weighted by Crippen LogP contribution is -2.38. The lowest BCUT2D eigenvalue weighted by molar-refractivity contribution is -0.118. The summed E-state index contributed by atoms with van der Waals surface area (Å²) in [5.41, 5.74) is 5.85. The van der Waals surface area contributed by atoms with Crippen molar-refractivity contribution in [2.45, 2.75) is 52.4 Å². The molecule has 194 valence electrons. The number of anilines is 1. The van der Waals surface area contributed by atoms with Gasteiger partial charge in [-0.25, -0.2) is 0 Å². The minimum atomic E-state index is -0.419. The SMILES string of the molecule is COc1ccc(N2C=C(C(=O)c3ccccc3)C(c3ccc(C(C)C)cc3)C3=C2CC(C)(C)CC3=O)cc1. The molecule has 0 radical (unpaired) electrons. The molecule has 3 aromatic rings. The predicted octanol–water partition coefficient (Wildman–Crippen LogP) is 7.83. The van der Waals surface area contributed by atoms with Crippen LogP contribution in [0.3, 0.4) is 0 Å². The van der Waals surface area contributed by atoms with Gasteiger partial charge >= 0.3 is 0 Å². The van der Waals surface area contributed by atoms with Crippen molar-refractivity contribution in [2.75, 3.05) is 12.0 Å². The van der Waals surface area contributed by atoms with Gasteiger partial charge in [-0.15, -0.1) is 0 Å². The van der Waals surface area contributed by atoms with E-state index in [0.717, 1.165) is 34.7 Å². The lowest BCUT2D eigenvalue weighted by Gasteiger charge is -2.43. The van der Waals surface area contributed by atoms with Gasteiger partial charge < -0.3 is 9.64 Å². The monoisotopic (exact) mass is 505 g/mol. The van der Waals surface area contributed by atoms with Crippen LogP contribution in [0.5, 0.6) is 5.75 Å². The number of hydrogen-bond donors (Lipinski definition) is 0. The lowest BCUT2D eigenvalue weighted by atomic mass is 9.68. The molecule has 0 spiro atoms. The maximum Gasteiger partial charge on any atom is 0.191 e. The van der Waals surface area contributed by atoms with Crippen LogP contribution in [-0.2, 0) is 4.79 Å². The molecule has 4 nitrogen and oxygen atoms in total. The molecule has 0 saturated heterocycles. The van der Waals surface area contributed by atoms with E-state index in [9.17, 15) is 9.59 Å². The van der Waals surface area contributed by atoms with Crippen LogP contribution in [-0.4, -0.2) is 18.7 Å². The second-order valence-electron chi connectivity index (χ2n) is 11.4. The summed E-state index contributed by atoms with van der Waals surface area (Å²) >= 11 is 0. The quantitative estimate of drug-likeness (QED) is 0.320. The van der Waals surface area contributed by atoms with Crippen LogP contribution in [0.25, 0.3) is 0 Å². The molecule has 5 rings (SSSR count). The molecular weight excluding hydrogens is 470 g/mol. The van der Waals surface area contributed by atoms with Gasteiger partial charge in [-0.05, 0) is 53.1 Å². The molecule has 0 saturated carbocycles. The first-order valence-electron chi connectivity index (χ1n) is 13.3. The van der Waals surface area contributed by atoms with Gasteiger partial charge in [0.25, 0.3) is 0 Å². The number of ketones is 2. The topological polar surface area (TPSA) is 46.6 Å². The summed E-state index contributed by atoms with van der Waals surface area (Å²) in [6.07, 6.45) is 3.16. The normalized spacial score (nSPS) is 18.8. The largest absolute Gasteiger partial charge is 0.497 e. The Labute approximate surface area is 225 Å². The molecule has 0 bridgehead atoms. The first-order chi connectivity index (χ1) is 18.2. The van der Waals surface area contributed by atoms with Gasteiger partial charge in [-0.1, -0.05) is 82.3 Å². The molecule has 38 heavy (non-hydrogen) atoms. The molecule has 1 atom stereocenters. The maximum absolute atomic E-state index is 14.1. The number of allylic oxidation sites excluding steroid dienone is 3. The van der Waals surface area contributed by atoms with Gasteiger partial charge in [-0.3, -0.25) is 9.59 Å². The Morgan fingerprint density at radius 2 is 1.58 bits per heavy atom. The molecule has 0 N–H and O–H groups in total. The molecule has 1 unspecified atom stereocenters. The number of carbonyl (C=O) groups excluding carboxylic acids is 2. The highest BCUT2D eigenvalue weighted by Gasteiger charge is 2.43. The summed E-state index contributed by atoms with van der Waals surface area (Å²) in [5, 5.41) is 0. The third-order valence-electron chi connectivity index (χ3n) is 7.64. The van der Waals surface area contributed by atoms with Crippen LogP contribution in [0.4, 0.5) is 5.69 Å². The summed E-state index contributed by atoms with van der Waals surface area (Å²) in [6.45, 7) is 8.61. The van der Waals surface area contributed by atoms with Crippen molar-refractivity contribution in [2.24, 2.45) is 5.41 Å². The van der Waals surface area contributed by atoms with Crippen LogP contribution in [0.15, 0.2) is 102 Å². The zero-order valence-electron chi connectivity index (χ0n) is 22.8. The van der Waals surface area contributed by atoms with Crippen molar-refractivity contribution in [1.82, 2.24) is 0 Å². The number of hydrogen-bond acceptors (Lipinski definition) is 4. The van der Waals surface area contributed by atoms with Crippen molar-refractivity contribution in [3.63, 3.8) is 0 Å². The van der Waals surface area contributed by atoms with Crippen LogP contribution >= 0.6 is 0 Å². The molecule has 0 aromatic heterocycles. The van der Waals surface area contributed by atoms with Crippen LogP contribution in [0.1, 0.15) is 73.9 Å². The zero-order valence-corrected chi connectivity index (χ0v) is 22.8. The van der Waals surface area contributed by atoms with E-state index in [0.29, 0.717) is 23.5 Å². The summed E-state index contributed by atoms with van der Waals surface area (Å²) in [7, 11) is 1.64. The fourth-order valence-corrected chi connectivity index (χ4v) is 5.63. The second kappa shape index (κ2) is 10.1. The van der Waals surface area contributed by atoms with Crippen molar-refractivity contribution in [1.29, 1.82) is 0 Å². The Morgan fingerprint density at radius 3 is 2.18 bits per heavy atom. The van der Waals surface area contributed by atoms with Gasteiger partial charge in [-0.2, -0.15) is 0 Å².